The van der Waals surface area contributed by atoms with E-state index in [1.807, 2.05) is 6.92 Å². The molecule has 0 fully saturated rings. The van der Waals surface area contributed by atoms with Crippen LogP contribution in [0.15, 0.2) is 54.3 Å². The fraction of sp³-hybridized carbons (Fsp3) is 0.400. The first-order valence-electron chi connectivity index (χ1n) is 12.3. The number of sulfonamides is 1. The Morgan fingerprint density at radius 3 is 2.72 bits per heavy atom. The van der Waals surface area contributed by atoms with E-state index in [2.05, 4.69) is 20.3 Å². The number of benzene rings is 1. The number of nitrogens with zero attached hydrogens (tertiary/aromatic N) is 6. The van der Waals surface area contributed by atoms with Crippen LogP contribution in [0.1, 0.15) is 34.7 Å². The lowest BCUT2D eigenvalue weighted by Crippen LogP contribution is -2.50. The third-order valence-corrected chi connectivity index (χ3v) is 8.24. The first-order chi connectivity index (χ1) is 18.5. The van der Waals surface area contributed by atoms with Gasteiger partial charge in [0, 0.05) is 45.1 Å². The number of anilines is 1. The number of amides is 2. The van der Waals surface area contributed by atoms with Gasteiger partial charge in [-0.2, -0.15) is 4.31 Å². The standard InChI is InChI=1S/C25H31N7O6S/c1-16-11-32(17(2)14-33)25(35)18-6-5-7-19(29-24(34)20-10-26-8-9-27-20)23(18)38-21(16)12-31(4)39(36,37)22-13-30(3)15-28-22/h5-10,13,15-17,21,33H,11-12,14H2,1-4H3,(H,29,34)/t16-,17+,21+/m0/s1. The number of para-hydroxylation sites is 1. The van der Waals surface area contributed by atoms with E-state index >= 15 is 0 Å². The Balaban J connectivity index is 1.73. The summed E-state index contributed by atoms with van der Waals surface area (Å²) in [5.41, 5.74) is 0.440. The van der Waals surface area contributed by atoms with Gasteiger partial charge in [0.2, 0.25) is 0 Å². The summed E-state index contributed by atoms with van der Waals surface area (Å²) in [5, 5.41) is 12.5. The number of hydrogen-bond acceptors (Lipinski definition) is 9. The smallest absolute Gasteiger partial charge is 0.275 e. The lowest BCUT2D eigenvalue weighted by Gasteiger charge is -2.38. The minimum atomic E-state index is -3.93. The summed E-state index contributed by atoms with van der Waals surface area (Å²) in [6.07, 6.45) is 6.21. The van der Waals surface area contributed by atoms with E-state index in [0.29, 0.717) is 0 Å². The summed E-state index contributed by atoms with van der Waals surface area (Å²) in [6.45, 7) is 3.43. The average Bonchev–Trinajstić information content (AvgIpc) is 3.38. The molecular formula is C25H31N7O6S. The summed E-state index contributed by atoms with van der Waals surface area (Å²) in [4.78, 5) is 39.9. The fourth-order valence-corrected chi connectivity index (χ4v) is 5.34. The topological polar surface area (TPSA) is 160 Å². The van der Waals surface area contributed by atoms with Crippen molar-refractivity contribution in [3.05, 3.63) is 60.6 Å². The number of aromatic nitrogens is 4. The molecule has 1 aliphatic heterocycles. The van der Waals surface area contributed by atoms with Crippen molar-refractivity contribution >= 4 is 27.5 Å². The molecule has 2 aromatic heterocycles. The normalized spacial score (nSPS) is 18.6. The highest BCUT2D eigenvalue weighted by Gasteiger charge is 2.36. The summed E-state index contributed by atoms with van der Waals surface area (Å²) in [5.74, 6) is -1.21. The summed E-state index contributed by atoms with van der Waals surface area (Å²) in [6, 6.07) is 4.23. The molecule has 3 heterocycles. The third-order valence-electron chi connectivity index (χ3n) is 6.53. The van der Waals surface area contributed by atoms with Gasteiger partial charge in [-0.1, -0.05) is 13.0 Å². The molecule has 4 rings (SSSR count). The first-order valence-corrected chi connectivity index (χ1v) is 13.7. The SMILES string of the molecule is C[C@H](CO)N1C[C@H](C)[C@@H](CN(C)S(=O)(=O)c2cn(C)cn2)Oc2c(NC(=O)c3cnccn3)cccc2C1=O. The fourth-order valence-electron chi connectivity index (χ4n) is 4.20. The molecule has 0 radical (unpaired) electrons. The molecule has 0 unspecified atom stereocenters. The number of aryl methyl sites for hydroxylation is 1. The van der Waals surface area contributed by atoms with Crippen LogP contribution in [-0.4, -0.2) is 93.0 Å². The summed E-state index contributed by atoms with van der Waals surface area (Å²) >= 11 is 0. The van der Waals surface area contributed by atoms with E-state index in [9.17, 15) is 23.1 Å². The molecule has 0 bridgehead atoms. The number of ether oxygens (including phenoxy) is 1. The number of nitrogens with one attached hydrogen (secondary N) is 1. The minimum absolute atomic E-state index is 0.0638. The third kappa shape index (κ3) is 5.92. The van der Waals surface area contributed by atoms with Gasteiger partial charge in [-0.15, -0.1) is 0 Å². The highest BCUT2D eigenvalue weighted by atomic mass is 32.2. The van der Waals surface area contributed by atoms with Crippen molar-refractivity contribution in [2.75, 3.05) is 32.1 Å². The van der Waals surface area contributed by atoms with Crippen molar-refractivity contribution in [2.45, 2.75) is 31.0 Å². The van der Waals surface area contributed by atoms with Gasteiger partial charge < -0.3 is 24.6 Å². The highest BCUT2D eigenvalue weighted by molar-refractivity contribution is 7.89. The Hall–Kier alpha value is -3.88. The van der Waals surface area contributed by atoms with Gasteiger partial charge in [0.15, 0.2) is 10.8 Å². The summed E-state index contributed by atoms with van der Waals surface area (Å²) in [7, 11) is -0.828. The number of aliphatic hydroxyl groups is 1. The van der Waals surface area contributed by atoms with Gasteiger partial charge in [0.05, 0.1) is 43.0 Å². The predicted molar refractivity (Wildman–Crippen MR) is 141 cm³/mol. The number of imidazole rings is 1. The number of rotatable bonds is 8. The predicted octanol–water partition coefficient (Wildman–Crippen LogP) is 1.00. The van der Waals surface area contributed by atoms with Crippen molar-refractivity contribution < 1.29 is 27.9 Å². The van der Waals surface area contributed by atoms with Crippen LogP contribution in [0.25, 0.3) is 0 Å². The second-order valence-electron chi connectivity index (χ2n) is 9.51. The van der Waals surface area contributed by atoms with Crippen LogP contribution in [0.3, 0.4) is 0 Å². The van der Waals surface area contributed by atoms with E-state index < -0.39 is 28.1 Å². The number of carbonyl (C=O) groups excluding carboxylic acids is 2. The number of aliphatic hydroxyl groups excluding tert-OH is 1. The van der Waals surface area contributed by atoms with Crippen LogP contribution < -0.4 is 10.1 Å². The monoisotopic (exact) mass is 557 g/mol. The molecule has 0 aliphatic carbocycles. The molecule has 2 amide bonds. The van der Waals surface area contributed by atoms with E-state index in [-0.39, 0.29) is 59.2 Å². The molecule has 0 saturated carbocycles. The Morgan fingerprint density at radius 2 is 2.08 bits per heavy atom. The Morgan fingerprint density at radius 1 is 1.31 bits per heavy atom. The maximum atomic E-state index is 13.6. The largest absolute Gasteiger partial charge is 0.486 e. The van der Waals surface area contributed by atoms with E-state index in [1.54, 1.807) is 32.2 Å². The van der Waals surface area contributed by atoms with Crippen molar-refractivity contribution in [2.24, 2.45) is 13.0 Å². The van der Waals surface area contributed by atoms with Crippen LogP contribution in [0.2, 0.25) is 0 Å². The van der Waals surface area contributed by atoms with Crippen molar-refractivity contribution in [3.63, 3.8) is 0 Å². The Kier molecular flexibility index (Phi) is 8.28. The quantitative estimate of drug-likeness (QED) is 0.412. The first kappa shape index (κ1) is 28.1. The van der Waals surface area contributed by atoms with Gasteiger partial charge in [-0.05, 0) is 19.1 Å². The van der Waals surface area contributed by atoms with Crippen molar-refractivity contribution in [1.82, 2.24) is 28.7 Å². The molecule has 14 heteroatoms. The Labute approximate surface area is 226 Å². The molecular weight excluding hydrogens is 526 g/mol. The molecule has 3 atom stereocenters. The zero-order chi connectivity index (χ0) is 28.3. The summed E-state index contributed by atoms with van der Waals surface area (Å²) < 4.78 is 35.4. The molecule has 1 aromatic carbocycles. The van der Waals surface area contributed by atoms with Gasteiger partial charge in [0.1, 0.15) is 11.8 Å². The van der Waals surface area contributed by atoms with Gasteiger partial charge in [-0.25, -0.2) is 18.4 Å². The lowest BCUT2D eigenvalue weighted by atomic mass is 9.99. The highest BCUT2D eigenvalue weighted by Crippen LogP contribution is 2.35. The van der Waals surface area contributed by atoms with Gasteiger partial charge in [-0.3, -0.25) is 14.6 Å². The molecule has 0 spiro atoms. The van der Waals surface area contributed by atoms with E-state index in [0.717, 1.165) is 4.31 Å². The molecule has 39 heavy (non-hydrogen) atoms. The molecule has 208 valence electrons. The average molecular weight is 558 g/mol. The molecule has 0 saturated heterocycles. The van der Waals surface area contributed by atoms with Crippen LogP contribution in [0.4, 0.5) is 5.69 Å². The number of hydrogen-bond donors (Lipinski definition) is 2. The zero-order valence-electron chi connectivity index (χ0n) is 22.1. The zero-order valence-corrected chi connectivity index (χ0v) is 22.9. The van der Waals surface area contributed by atoms with Crippen LogP contribution in [-0.2, 0) is 17.1 Å². The maximum Gasteiger partial charge on any atom is 0.275 e. The molecule has 2 N–H and O–H groups in total. The molecule has 1 aliphatic rings. The van der Waals surface area contributed by atoms with Crippen LogP contribution in [0, 0.1) is 5.92 Å². The Bertz CT molecular complexity index is 1450. The lowest BCUT2D eigenvalue weighted by molar-refractivity contribution is 0.0388. The maximum absolute atomic E-state index is 13.6. The minimum Gasteiger partial charge on any atom is -0.486 e. The number of likely N-dealkylation sites (N-methyl/N-ethyl adjacent to an activating group) is 1. The second-order valence-corrected chi connectivity index (χ2v) is 11.5. The van der Waals surface area contributed by atoms with E-state index in [1.165, 1.54) is 47.6 Å². The van der Waals surface area contributed by atoms with Crippen molar-refractivity contribution in [1.29, 1.82) is 0 Å². The van der Waals surface area contributed by atoms with Gasteiger partial charge >= 0.3 is 0 Å². The van der Waals surface area contributed by atoms with E-state index in [4.69, 9.17) is 4.74 Å². The second kappa shape index (κ2) is 11.5. The number of fused-ring (bicyclic) bond motifs is 1. The van der Waals surface area contributed by atoms with Crippen molar-refractivity contribution in [3.8, 4) is 5.75 Å². The van der Waals surface area contributed by atoms with Crippen LogP contribution in [0.5, 0.6) is 5.75 Å². The number of carbonyl (C=O) groups is 2. The van der Waals surface area contributed by atoms with Crippen LogP contribution >= 0.6 is 0 Å². The molecule has 3 aromatic rings. The van der Waals surface area contributed by atoms with Gasteiger partial charge in [0.25, 0.3) is 21.8 Å². The molecule has 13 nitrogen and oxygen atoms in total.